The van der Waals surface area contributed by atoms with Crippen molar-refractivity contribution in [1.82, 2.24) is 4.90 Å². The van der Waals surface area contributed by atoms with Crippen molar-refractivity contribution in [2.24, 2.45) is 0 Å². The van der Waals surface area contributed by atoms with E-state index in [0.717, 1.165) is 62.2 Å². The summed E-state index contributed by atoms with van der Waals surface area (Å²) >= 11 is 0. The van der Waals surface area contributed by atoms with E-state index in [9.17, 15) is 18.0 Å². The average Bonchev–Trinajstić information content (AvgIpc) is 3.19. The van der Waals surface area contributed by atoms with Crippen molar-refractivity contribution in [1.29, 1.82) is 0 Å². The first-order valence-electron chi connectivity index (χ1n) is 12.2. The third kappa shape index (κ3) is 6.28. The molecule has 0 atom stereocenters. The number of benzene rings is 2. The van der Waals surface area contributed by atoms with Crippen LogP contribution >= 0.6 is 0 Å². The molecule has 0 amide bonds. The summed E-state index contributed by atoms with van der Waals surface area (Å²) in [4.78, 5) is 14.2. The highest BCUT2D eigenvalue weighted by Gasteiger charge is 2.43. The normalized spacial score (nSPS) is 17.1. The molecule has 0 aliphatic carbocycles. The fraction of sp³-hybridized carbons (Fsp3) is 0.519. The van der Waals surface area contributed by atoms with Crippen LogP contribution in [0, 0.1) is 0 Å². The molecule has 0 N–H and O–H groups in total. The molecule has 2 aliphatic heterocycles. The summed E-state index contributed by atoms with van der Waals surface area (Å²) in [7, 11) is 0. The van der Waals surface area contributed by atoms with Crippen LogP contribution in [0.1, 0.15) is 55.7 Å². The summed E-state index contributed by atoms with van der Waals surface area (Å²) in [6, 6.07) is 10.8. The number of carbonyl (C=O) groups excluding carboxylic acids is 1. The van der Waals surface area contributed by atoms with Gasteiger partial charge in [-0.3, -0.25) is 4.79 Å². The number of likely N-dealkylation sites (tertiary alicyclic amines) is 1. The van der Waals surface area contributed by atoms with Gasteiger partial charge >= 0.3 is 12.1 Å². The number of carbonyl (C=O) groups is 1. The Bertz CT molecular complexity index is 1020. The first-order valence-corrected chi connectivity index (χ1v) is 12.2. The van der Waals surface area contributed by atoms with E-state index >= 15 is 0 Å². The SMILES string of the molecule is CCCCOC(=O)CCN1CCC2(CC1)COc1ccc(OCc3cccc(C(F)(F)F)c3)cc12. The second kappa shape index (κ2) is 10.9. The lowest BCUT2D eigenvalue weighted by molar-refractivity contribution is -0.144. The maximum Gasteiger partial charge on any atom is 0.416 e. The van der Waals surface area contributed by atoms with Gasteiger partial charge in [0.25, 0.3) is 0 Å². The number of halogens is 3. The van der Waals surface area contributed by atoms with Crippen LogP contribution in [-0.4, -0.2) is 43.7 Å². The van der Waals surface area contributed by atoms with E-state index in [1.807, 2.05) is 12.1 Å². The maximum atomic E-state index is 13.0. The fourth-order valence-corrected chi connectivity index (χ4v) is 4.71. The Labute approximate surface area is 204 Å². The van der Waals surface area contributed by atoms with Crippen molar-refractivity contribution in [2.75, 3.05) is 32.8 Å². The van der Waals surface area contributed by atoms with Gasteiger partial charge in [-0.2, -0.15) is 13.2 Å². The second-order valence-electron chi connectivity index (χ2n) is 9.38. The van der Waals surface area contributed by atoms with Crippen LogP contribution in [0.25, 0.3) is 0 Å². The van der Waals surface area contributed by atoms with Gasteiger partial charge in [0.1, 0.15) is 18.1 Å². The second-order valence-corrected chi connectivity index (χ2v) is 9.38. The van der Waals surface area contributed by atoms with Gasteiger partial charge in [0.2, 0.25) is 0 Å². The molecular formula is C27H32F3NO4. The lowest BCUT2D eigenvalue weighted by atomic mass is 9.74. The monoisotopic (exact) mass is 491 g/mol. The Morgan fingerprint density at radius 1 is 1.14 bits per heavy atom. The number of rotatable bonds is 9. The molecule has 2 aliphatic rings. The number of ether oxygens (including phenoxy) is 3. The number of fused-ring (bicyclic) bond motifs is 2. The molecule has 1 saturated heterocycles. The summed E-state index contributed by atoms with van der Waals surface area (Å²) in [5.41, 5.74) is 0.773. The van der Waals surface area contributed by atoms with Gasteiger partial charge in [-0.25, -0.2) is 0 Å². The Kier molecular flexibility index (Phi) is 7.89. The molecule has 2 aromatic rings. The minimum Gasteiger partial charge on any atom is -0.492 e. The summed E-state index contributed by atoms with van der Waals surface area (Å²) in [6.45, 7) is 5.62. The van der Waals surface area contributed by atoms with E-state index in [0.29, 0.717) is 37.5 Å². The Morgan fingerprint density at radius 2 is 1.94 bits per heavy atom. The van der Waals surface area contributed by atoms with Crippen LogP contribution in [-0.2, 0) is 27.7 Å². The van der Waals surface area contributed by atoms with E-state index in [1.165, 1.54) is 6.07 Å². The standard InChI is InChI=1S/C27H32F3NO4/c1-2-3-15-33-25(32)9-12-31-13-10-26(11-14-31)19-35-24-8-7-22(17-23(24)26)34-18-20-5-4-6-21(16-20)27(28,29)30/h4-8,16-17H,2-3,9-15,18-19H2,1H3. The van der Waals surface area contributed by atoms with Crippen molar-refractivity contribution in [3.63, 3.8) is 0 Å². The van der Waals surface area contributed by atoms with Crippen LogP contribution in [0.4, 0.5) is 13.2 Å². The van der Waals surface area contributed by atoms with Crippen LogP contribution in [0.2, 0.25) is 0 Å². The predicted molar refractivity (Wildman–Crippen MR) is 126 cm³/mol. The zero-order valence-corrected chi connectivity index (χ0v) is 20.0. The molecule has 8 heteroatoms. The predicted octanol–water partition coefficient (Wildman–Crippen LogP) is 5.74. The molecule has 2 heterocycles. The molecule has 35 heavy (non-hydrogen) atoms. The van der Waals surface area contributed by atoms with Crippen molar-refractivity contribution >= 4 is 5.97 Å². The molecule has 5 nitrogen and oxygen atoms in total. The van der Waals surface area contributed by atoms with Crippen molar-refractivity contribution in [3.05, 3.63) is 59.2 Å². The topological polar surface area (TPSA) is 48.0 Å². The number of hydrogen-bond acceptors (Lipinski definition) is 5. The number of hydrogen-bond donors (Lipinski definition) is 0. The highest BCUT2D eigenvalue weighted by Crippen LogP contribution is 2.46. The molecule has 0 bridgehead atoms. The number of alkyl halides is 3. The van der Waals surface area contributed by atoms with Crippen LogP contribution in [0.15, 0.2) is 42.5 Å². The van der Waals surface area contributed by atoms with E-state index in [1.54, 1.807) is 12.1 Å². The molecule has 0 aromatic heterocycles. The molecule has 1 fully saturated rings. The van der Waals surface area contributed by atoms with Gasteiger partial charge in [0, 0.05) is 17.5 Å². The largest absolute Gasteiger partial charge is 0.492 e. The summed E-state index contributed by atoms with van der Waals surface area (Å²) in [6.07, 6.45) is -0.273. The Hall–Kier alpha value is -2.74. The highest BCUT2D eigenvalue weighted by atomic mass is 19.4. The quantitative estimate of drug-likeness (QED) is 0.331. The first-order chi connectivity index (χ1) is 16.8. The lowest BCUT2D eigenvalue weighted by Crippen LogP contribution is -2.44. The molecule has 1 spiro atoms. The molecular weight excluding hydrogens is 459 g/mol. The van der Waals surface area contributed by atoms with Gasteiger partial charge in [-0.15, -0.1) is 0 Å². The molecule has 4 rings (SSSR count). The van der Waals surface area contributed by atoms with E-state index in [-0.39, 0.29) is 18.0 Å². The first kappa shape index (κ1) is 25.4. The maximum absolute atomic E-state index is 13.0. The Balaban J connectivity index is 1.33. The minimum atomic E-state index is -4.38. The van der Waals surface area contributed by atoms with Crippen molar-refractivity contribution in [3.8, 4) is 11.5 Å². The summed E-state index contributed by atoms with van der Waals surface area (Å²) < 4.78 is 56.0. The summed E-state index contributed by atoms with van der Waals surface area (Å²) in [5, 5.41) is 0. The molecule has 0 unspecified atom stereocenters. The van der Waals surface area contributed by atoms with Crippen molar-refractivity contribution in [2.45, 2.75) is 57.2 Å². The number of esters is 1. The van der Waals surface area contributed by atoms with Gasteiger partial charge in [0.05, 0.1) is 25.2 Å². The summed E-state index contributed by atoms with van der Waals surface area (Å²) in [5.74, 6) is 1.31. The van der Waals surface area contributed by atoms with Gasteiger partial charge < -0.3 is 19.1 Å². The van der Waals surface area contributed by atoms with Crippen LogP contribution < -0.4 is 9.47 Å². The van der Waals surface area contributed by atoms with Gasteiger partial charge in [-0.1, -0.05) is 25.5 Å². The third-order valence-electron chi connectivity index (χ3n) is 6.89. The molecule has 2 aromatic carbocycles. The van der Waals surface area contributed by atoms with E-state index < -0.39 is 11.7 Å². The van der Waals surface area contributed by atoms with Crippen LogP contribution in [0.5, 0.6) is 11.5 Å². The lowest BCUT2D eigenvalue weighted by Gasteiger charge is -2.38. The molecule has 0 radical (unpaired) electrons. The van der Waals surface area contributed by atoms with Crippen molar-refractivity contribution < 1.29 is 32.2 Å². The molecule has 0 saturated carbocycles. The average molecular weight is 492 g/mol. The smallest absolute Gasteiger partial charge is 0.416 e. The minimum absolute atomic E-state index is 0.0543. The highest BCUT2D eigenvalue weighted by molar-refractivity contribution is 5.69. The van der Waals surface area contributed by atoms with E-state index in [4.69, 9.17) is 14.2 Å². The van der Waals surface area contributed by atoms with E-state index in [2.05, 4.69) is 11.8 Å². The Morgan fingerprint density at radius 3 is 2.69 bits per heavy atom. The fourth-order valence-electron chi connectivity index (χ4n) is 4.71. The number of unbranched alkanes of at least 4 members (excludes halogenated alkanes) is 1. The molecule has 190 valence electrons. The third-order valence-corrected chi connectivity index (χ3v) is 6.89. The number of nitrogens with zero attached hydrogens (tertiary/aromatic N) is 1. The van der Waals surface area contributed by atoms with Gasteiger partial charge in [-0.05, 0) is 68.2 Å². The zero-order valence-electron chi connectivity index (χ0n) is 20.0. The number of piperidine rings is 1. The van der Waals surface area contributed by atoms with Gasteiger partial charge in [0.15, 0.2) is 0 Å². The zero-order chi connectivity index (χ0) is 24.9. The van der Waals surface area contributed by atoms with Crippen LogP contribution in [0.3, 0.4) is 0 Å².